The summed E-state index contributed by atoms with van der Waals surface area (Å²) in [7, 11) is 0. The van der Waals surface area contributed by atoms with Gasteiger partial charge in [-0.05, 0) is 62.3 Å². The monoisotopic (exact) mass is 323 g/mol. The zero-order chi connectivity index (χ0) is 14.8. The summed E-state index contributed by atoms with van der Waals surface area (Å²) in [4.78, 5) is 14.5. The second kappa shape index (κ2) is 6.30. The summed E-state index contributed by atoms with van der Waals surface area (Å²) in [5.41, 5.74) is 0.514. The van der Waals surface area contributed by atoms with E-state index < -0.39 is 0 Å². The lowest BCUT2D eigenvalue weighted by Crippen LogP contribution is -2.59. The van der Waals surface area contributed by atoms with Crippen LogP contribution >= 0.6 is 23.8 Å². The molecule has 112 valence electrons. The van der Waals surface area contributed by atoms with Gasteiger partial charge in [0.2, 0.25) is 0 Å². The molecule has 1 aromatic rings. The molecule has 6 heteroatoms. The van der Waals surface area contributed by atoms with E-state index in [1.54, 1.807) is 24.3 Å². The van der Waals surface area contributed by atoms with Gasteiger partial charge in [0.15, 0.2) is 5.11 Å². The Bertz CT molecular complexity index is 558. The molecule has 1 atom stereocenters. The number of halogens is 1. The van der Waals surface area contributed by atoms with E-state index in [9.17, 15) is 4.79 Å². The largest absolute Gasteiger partial charge is 0.358 e. The van der Waals surface area contributed by atoms with Crippen LogP contribution in [-0.2, 0) is 0 Å². The van der Waals surface area contributed by atoms with Gasteiger partial charge >= 0.3 is 0 Å². The van der Waals surface area contributed by atoms with Crippen molar-refractivity contribution in [2.45, 2.75) is 18.9 Å². The first-order chi connectivity index (χ1) is 10.1. The van der Waals surface area contributed by atoms with Gasteiger partial charge in [0.25, 0.3) is 5.91 Å². The Morgan fingerprint density at radius 3 is 2.71 bits per heavy atom. The van der Waals surface area contributed by atoms with E-state index in [1.165, 1.54) is 25.9 Å². The Morgan fingerprint density at radius 2 is 2.10 bits per heavy atom. The average Bonchev–Trinajstić information content (AvgIpc) is 2.48. The van der Waals surface area contributed by atoms with Crippen LogP contribution in [0.15, 0.2) is 24.3 Å². The summed E-state index contributed by atoms with van der Waals surface area (Å²) >= 11 is 11.2. The fourth-order valence-corrected chi connectivity index (χ4v) is 3.57. The van der Waals surface area contributed by atoms with Gasteiger partial charge in [0, 0.05) is 23.2 Å². The van der Waals surface area contributed by atoms with E-state index in [4.69, 9.17) is 23.8 Å². The standard InChI is InChI=1S/C15H18ClN3OS/c16-12-3-1-2-11(8-12)14(20)18-15(21)17-13-9-19-6-4-10(13)5-7-19/h1-3,8,10,13H,4-7,9H2,(H2,17,18,20,21). The molecule has 3 aliphatic heterocycles. The van der Waals surface area contributed by atoms with Crippen molar-refractivity contribution in [1.82, 2.24) is 15.5 Å². The number of hydrogen-bond acceptors (Lipinski definition) is 3. The molecule has 0 aliphatic carbocycles. The maximum atomic E-state index is 12.1. The Morgan fingerprint density at radius 1 is 1.33 bits per heavy atom. The van der Waals surface area contributed by atoms with Crippen molar-refractivity contribution in [3.8, 4) is 0 Å². The molecule has 1 amide bonds. The summed E-state index contributed by atoms with van der Waals surface area (Å²) in [6.07, 6.45) is 2.42. The van der Waals surface area contributed by atoms with E-state index in [2.05, 4.69) is 15.5 Å². The number of hydrogen-bond donors (Lipinski definition) is 2. The third kappa shape index (κ3) is 3.54. The van der Waals surface area contributed by atoms with Crippen LogP contribution in [-0.4, -0.2) is 41.6 Å². The van der Waals surface area contributed by atoms with Crippen LogP contribution in [0.3, 0.4) is 0 Å². The van der Waals surface area contributed by atoms with Crippen molar-refractivity contribution in [2.75, 3.05) is 19.6 Å². The SMILES string of the molecule is O=C(NC(=S)NC1CN2CCC1CC2)c1cccc(Cl)c1. The number of thiocarbonyl (C=S) groups is 1. The smallest absolute Gasteiger partial charge is 0.257 e. The Balaban J connectivity index is 1.55. The van der Waals surface area contributed by atoms with Gasteiger partial charge in [-0.2, -0.15) is 0 Å². The number of nitrogens with zero attached hydrogens (tertiary/aromatic N) is 1. The highest BCUT2D eigenvalue weighted by Gasteiger charge is 2.34. The van der Waals surface area contributed by atoms with Crippen LogP contribution < -0.4 is 10.6 Å². The maximum Gasteiger partial charge on any atom is 0.257 e. The minimum atomic E-state index is -0.226. The molecule has 4 rings (SSSR count). The van der Waals surface area contributed by atoms with Crippen molar-refractivity contribution in [3.63, 3.8) is 0 Å². The first-order valence-corrected chi connectivity index (χ1v) is 8.00. The van der Waals surface area contributed by atoms with Crippen LogP contribution in [0.5, 0.6) is 0 Å². The molecule has 0 saturated carbocycles. The normalized spacial score (nSPS) is 27.2. The molecule has 4 nitrogen and oxygen atoms in total. The highest BCUT2D eigenvalue weighted by Crippen LogP contribution is 2.27. The zero-order valence-electron chi connectivity index (χ0n) is 11.6. The van der Waals surface area contributed by atoms with E-state index in [0.717, 1.165) is 6.54 Å². The van der Waals surface area contributed by atoms with Crippen molar-refractivity contribution < 1.29 is 4.79 Å². The molecule has 1 aromatic carbocycles. The van der Waals surface area contributed by atoms with E-state index >= 15 is 0 Å². The second-order valence-electron chi connectivity index (χ2n) is 5.68. The van der Waals surface area contributed by atoms with Gasteiger partial charge in [0.1, 0.15) is 0 Å². The van der Waals surface area contributed by atoms with Gasteiger partial charge in [-0.3, -0.25) is 10.1 Å². The maximum absolute atomic E-state index is 12.1. The van der Waals surface area contributed by atoms with Crippen LogP contribution in [0.2, 0.25) is 5.02 Å². The molecule has 0 spiro atoms. The van der Waals surface area contributed by atoms with Gasteiger partial charge in [-0.25, -0.2) is 0 Å². The van der Waals surface area contributed by atoms with Crippen LogP contribution in [0, 0.1) is 5.92 Å². The summed E-state index contributed by atoms with van der Waals surface area (Å²) < 4.78 is 0. The fraction of sp³-hybridized carbons (Fsp3) is 0.467. The lowest BCUT2D eigenvalue weighted by atomic mass is 9.84. The van der Waals surface area contributed by atoms with E-state index in [1.807, 2.05) is 0 Å². The minimum Gasteiger partial charge on any atom is -0.358 e. The highest BCUT2D eigenvalue weighted by molar-refractivity contribution is 7.80. The number of piperidine rings is 3. The predicted octanol–water partition coefficient (Wildman–Crippen LogP) is 2.04. The lowest BCUT2D eigenvalue weighted by molar-refractivity contribution is 0.0807. The van der Waals surface area contributed by atoms with Crippen LogP contribution in [0.1, 0.15) is 23.2 Å². The van der Waals surface area contributed by atoms with Crippen LogP contribution in [0.4, 0.5) is 0 Å². The number of benzene rings is 1. The first-order valence-electron chi connectivity index (χ1n) is 7.21. The topological polar surface area (TPSA) is 44.4 Å². The third-order valence-corrected chi connectivity index (χ3v) is 4.74. The molecule has 2 bridgehead atoms. The summed E-state index contributed by atoms with van der Waals surface area (Å²) in [6.45, 7) is 3.38. The van der Waals surface area contributed by atoms with Gasteiger partial charge in [-0.1, -0.05) is 17.7 Å². The Hall–Kier alpha value is -1.17. The number of carbonyl (C=O) groups excluding carboxylic acids is 1. The van der Waals surface area contributed by atoms with Crippen molar-refractivity contribution >= 4 is 34.8 Å². The van der Waals surface area contributed by atoms with Crippen LogP contribution in [0.25, 0.3) is 0 Å². The molecular formula is C15H18ClN3OS. The molecule has 3 fully saturated rings. The predicted molar refractivity (Wildman–Crippen MR) is 87.6 cm³/mol. The van der Waals surface area contributed by atoms with Gasteiger partial charge in [0.05, 0.1) is 0 Å². The summed E-state index contributed by atoms with van der Waals surface area (Å²) in [5, 5.41) is 6.97. The molecule has 3 heterocycles. The molecule has 2 N–H and O–H groups in total. The summed E-state index contributed by atoms with van der Waals surface area (Å²) in [6, 6.07) is 7.19. The molecule has 0 aromatic heterocycles. The van der Waals surface area contributed by atoms with Crippen molar-refractivity contribution in [1.29, 1.82) is 0 Å². The Kier molecular flexibility index (Phi) is 4.42. The van der Waals surface area contributed by atoms with Crippen molar-refractivity contribution in [3.05, 3.63) is 34.9 Å². The quantitative estimate of drug-likeness (QED) is 0.818. The Labute approximate surface area is 134 Å². The first kappa shape index (κ1) is 14.8. The molecule has 0 radical (unpaired) electrons. The number of carbonyl (C=O) groups is 1. The molecule has 1 unspecified atom stereocenters. The van der Waals surface area contributed by atoms with Crippen molar-refractivity contribution in [2.24, 2.45) is 5.92 Å². The summed E-state index contributed by atoms with van der Waals surface area (Å²) in [5.74, 6) is 0.437. The fourth-order valence-electron chi connectivity index (χ4n) is 3.14. The van der Waals surface area contributed by atoms with Gasteiger partial charge < -0.3 is 10.2 Å². The third-order valence-electron chi connectivity index (χ3n) is 4.29. The minimum absolute atomic E-state index is 0.226. The second-order valence-corrected chi connectivity index (χ2v) is 6.53. The molecule has 3 aliphatic rings. The molecule has 3 saturated heterocycles. The van der Waals surface area contributed by atoms with E-state index in [0.29, 0.717) is 27.7 Å². The number of rotatable bonds is 2. The molecule has 21 heavy (non-hydrogen) atoms. The lowest BCUT2D eigenvalue weighted by Gasteiger charge is -2.45. The highest BCUT2D eigenvalue weighted by atomic mass is 35.5. The number of fused-ring (bicyclic) bond motifs is 3. The molecular weight excluding hydrogens is 306 g/mol. The average molecular weight is 324 g/mol. The van der Waals surface area contributed by atoms with Gasteiger partial charge in [-0.15, -0.1) is 0 Å². The number of nitrogens with one attached hydrogen (secondary N) is 2. The number of amides is 1. The van der Waals surface area contributed by atoms with E-state index in [-0.39, 0.29) is 5.91 Å². The zero-order valence-corrected chi connectivity index (χ0v) is 13.2.